The quantitative estimate of drug-likeness (QED) is 0.614. The SMILES string of the molecule is CNC(=O)c1ccc(CSc2nnc(CCN)n2-c2ccc(F)cc2)o1. The van der Waals surface area contributed by atoms with Crippen LogP contribution in [0.3, 0.4) is 0 Å². The normalized spacial score (nSPS) is 10.9. The van der Waals surface area contributed by atoms with Gasteiger partial charge < -0.3 is 15.5 Å². The number of nitrogens with two attached hydrogens (primary N) is 1. The van der Waals surface area contributed by atoms with Gasteiger partial charge in [0.1, 0.15) is 17.4 Å². The molecule has 3 rings (SSSR count). The molecule has 0 aliphatic heterocycles. The monoisotopic (exact) mass is 375 g/mol. The van der Waals surface area contributed by atoms with Gasteiger partial charge in [0.25, 0.3) is 5.91 Å². The number of nitrogens with zero attached hydrogens (tertiary/aromatic N) is 3. The van der Waals surface area contributed by atoms with Gasteiger partial charge in [-0.2, -0.15) is 0 Å². The zero-order chi connectivity index (χ0) is 18.5. The van der Waals surface area contributed by atoms with E-state index in [-0.39, 0.29) is 17.5 Å². The zero-order valence-electron chi connectivity index (χ0n) is 14.1. The molecule has 0 aliphatic rings. The zero-order valence-corrected chi connectivity index (χ0v) is 14.9. The number of carbonyl (C=O) groups is 1. The Morgan fingerprint density at radius 3 is 2.73 bits per heavy atom. The minimum Gasteiger partial charge on any atom is -0.455 e. The lowest BCUT2D eigenvalue weighted by Gasteiger charge is -2.09. The van der Waals surface area contributed by atoms with Crippen molar-refractivity contribution in [3.05, 3.63) is 59.6 Å². The van der Waals surface area contributed by atoms with E-state index in [0.717, 1.165) is 5.69 Å². The van der Waals surface area contributed by atoms with Gasteiger partial charge in [-0.25, -0.2) is 4.39 Å². The van der Waals surface area contributed by atoms with Gasteiger partial charge in [-0.15, -0.1) is 10.2 Å². The van der Waals surface area contributed by atoms with E-state index in [0.29, 0.717) is 35.5 Å². The third-order valence-corrected chi connectivity index (χ3v) is 4.56. The summed E-state index contributed by atoms with van der Waals surface area (Å²) in [5, 5.41) is 11.5. The summed E-state index contributed by atoms with van der Waals surface area (Å²) < 4.78 is 20.6. The molecule has 0 spiro atoms. The van der Waals surface area contributed by atoms with Crippen molar-refractivity contribution in [2.75, 3.05) is 13.6 Å². The fourth-order valence-corrected chi connectivity index (χ4v) is 3.24. The molecule has 1 amide bonds. The van der Waals surface area contributed by atoms with Crippen LogP contribution in [-0.4, -0.2) is 34.3 Å². The lowest BCUT2D eigenvalue weighted by atomic mass is 10.3. The molecule has 0 aliphatic carbocycles. The van der Waals surface area contributed by atoms with Gasteiger partial charge in [0.15, 0.2) is 10.9 Å². The number of halogens is 1. The van der Waals surface area contributed by atoms with Crippen LogP contribution >= 0.6 is 11.8 Å². The van der Waals surface area contributed by atoms with Crippen molar-refractivity contribution >= 4 is 17.7 Å². The summed E-state index contributed by atoms with van der Waals surface area (Å²) in [6, 6.07) is 9.48. The van der Waals surface area contributed by atoms with Crippen molar-refractivity contribution in [1.29, 1.82) is 0 Å². The molecular weight excluding hydrogens is 357 g/mol. The number of amides is 1. The van der Waals surface area contributed by atoms with Crippen molar-refractivity contribution in [1.82, 2.24) is 20.1 Å². The fraction of sp³-hybridized carbons (Fsp3) is 0.235. The molecule has 136 valence electrons. The van der Waals surface area contributed by atoms with Gasteiger partial charge in [-0.3, -0.25) is 9.36 Å². The summed E-state index contributed by atoms with van der Waals surface area (Å²) in [5.41, 5.74) is 6.41. The van der Waals surface area contributed by atoms with Crippen molar-refractivity contribution in [2.24, 2.45) is 5.73 Å². The van der Waals surface area contributed by atoms with Gasteiger partial charge in [0.05, 0.1) is 5.75 Å². The number of nitrogens with one attached hydrogen (secondary N) is 1. The van der Waals surface area contributed by atoms with Crippen LogP contribution in [0.25, 0.3) is 5.69 Å². The van der Waals surface area contributed by atoms with E-state index >= 15 is 0 Å². The molecule has 7 nitrogen and oxygen atoms in total. The third-order valence-electron chi connectivity index (χ3n) is 3.61. The fourth-order valence-electron chi connectivity index (χ4n) is 2.37. The average molecular weight is 375 g/mol. The van der Waals surface area contributed by atoms with Crippen LogP contribution in [-0.2, 0) is 12.2 Å². The molecule has 1 aromatic carbocycles. The maximum absolute atomic E-state index is 13.2. The van der Waals surface area contributed by atoms with Crippen molar-refractivity contribution < 1.29 is 13.6 Å². The first-order valence-electron chi connectivity index (χ1n) is 7.96. The molecule has 0 radical (unpaired) electrons. The second-order valence-electron chi connectivity index (χ2n) is 5.38. The number of aromatic nitrogens is 3. The molecule has 0 saturated heterocycles. The summed E-state index contributed by atoms with van der Waals surface area (Å²) in [5.74, 6) is 1.48. The van der Waals surface area contributed by atoms with E-state index in [2.05, 4.69) is 15.5 Å². The molecule has 26 heavy (non-hydrogen) atoms. The van der Waals surface area contributed by atoms with E-state index in [9.17, 15) is 9.18 Å². The first kappa shape index (κ1) is 18.2. The van der Waals surface area contributed by atoms with Crippen LogP contribution < -0.4 is 11.1 Å². The molecule has 0 bridgehead atoms. The number of rotatable bonds is 7. The molecule has 3 aromatic rings. The summed E-state index contributed by atoms with van der Waals surface area (Å²) >= 11 is 1.41. The van der Waals surface area contributed by atoms with Gasteiger partial charge >= 0.3 is 0 Å². The smallest absolute Gasteiger partial charge is 0.286 e. The molecule has 0 unspecified atom stereocenters. The van der Waals surface area contributed by atoms with Gasteiger partial charge in [-0.1, -0.05) is 11.8 Å². The van der Waals surface area contributed by atoms with Crippen molar-refractivity contribution in [3.63, 3.8) is 0 Å². The Morgan fingerprint density at radius 2 is 2.04 bits per heavy atom. The summed E-state index contributed by atoms with van der Waals surface area (Å²) in [7, 11) is 1.55. The predicted octanol–water partition coefficient (Wildman–Crippen LogP) is 2.15. The molecule has 0 atom stereocenters. The minimum absolute atomic E-state index is 0.256. The number of hydrogen-bond donors (Lipinski definition) is 2. The number of carbonyl (C=O) groups excluding carboxylic acids is 1. The van der Waals surface area contributed by atoms with Crippen LogP contribution in [0.15, 0.2) is 46.0 Å². The van der Waals surface area contributed by atoms with E-state index in [4.69, 9.17) is 10.2 Å². The summed E-state index contributed by atoms with van der Waals surface area (Å²) in [6.07, 6.45) is 0.548. The Morgan fingerprint density at radius 1 is 1.27 bits per heavy atom. The maximum atomic E-state index is 13.2. The Kier molecular flexibility index (Phi) is 5.69. The van der Waals surface area contributed by atoms with Crippen LogP contribution in [0.1, 0.15) is 22.1 Å². The molecule has 0 fully saturated rings. The van der Waals surface area contributed by atoms with Gasteiger partial charge in [0, 0.05) is 19.2 Å². The highest BCUT2D eigenvalue weighted by molar-refractivity contribution is 7.98. The van der Waals surface area contributed by atoms with E-state index in [1.54, 1.807) is 31.3 Å². The predicted molar refractivity (Wildman–Crippen MR) is 95.7 cm³/mol. The second-order valence-corrected chi connectivity index (χ2v) is 6.33. The highest BCUT2D eigenvalue weighted by Crippen LogP contribution is 2.26. The number of thioether (sulfide) groups is 1. The standard InChI is InChI=1S/C17H18FN5O2S/c1-20-16(24)14-7-6-13(25-14)10-26-17-22-21-15(8-9-19)23(17)12-4-2-11(18)3-5-12/h2-7H,8-10,19H2,1H3,(H,20,24). The van der Waals surface area contributed by atoms with Crippen LogP contribution in [0, 0.1) is 5.82 Å². The van der Waals surface area contributed by atoms with Crippen LogP contribution in [0.4, 0.5) is 4.39 Å². The van der Waals surface area contributed by atoms with E-state index in [1.165, 1.54) is 23.9 Å². The molecular formula is C17H18FN5O2S. The molecule has 0 saturated carbocycles. The second kappa shape index (κ2) is 8.15. The molecule has 9 heteroatoms. The van der Waals surface area contributed by atoms with Crippen molar-refractivity contribution in [3.8, 4) is 5.69 Å². The van der Waals surface area contributed by atoms with Crippen molar-refractivity contribution in [2.45, 2.75) is 17.3 Å². The highest BCUT2D eigenvalue weighted by atomic mass is 32.2. The van der Waals surface area contributed by atoms with Crippen LogP contribution in [0.2, 0.25) is 0 Å². The number of hydrogen-bond acceptors (Lipinski definition) is 6. The number of benzene rings is 1. The number of furan rings is 1. The van der Waals surface area contributed by atoms with Gasteiger partial charge in [-0.05, 0) is 42.9 Å². The minimum atomic E-state index is -0.311. The molecule has 2 heterocycles. The third kappa shape index (κ3) is 3.94. The molecule has 3 N–H and O–H groups in total. The largest absolute Gasteiger partial charge is 0.455 e. The Bertz CT molecular complexity index is 891. The molecule has 2 aromatic heterocycles. The van der Waals surface area contributed by atoms with E-state index in [1.807, 2.05) is 4.57 Å². The van der Waals surface area contributed by atoms with Crippen LogP contribution in [0.5, 0.6) is 0 Å². The first-order valence-corrected chi connectivity index (χ1v) is 8.95. The van der Waals surface area contributed by atoms with Gasteiger partial charge in [0.2, 0.25) is 0 Å². The average Bonchev–Trinajstić information content (AvgIpc) is 3.27. The Hall–Kier alpha value is -2.65. The Labute approximate surface area is 153 Å². The highest BCUT2D eigenvalue weighted by Gasteiger charge is 2.16. The lowest BCUT2D eigenvalue weighted by Crippen LogP contribution is -2.16. The Balaban J connectivity index is 1.82. The summed E-state index contributed by atoms with van der Waals surface area (Å²) in [6.45, 7) is 0.428. The summed E-state index contributed by atoms with van der Waals surface area (Å²) in [4.78, 5) is 11.6. The first-order chi connectivity index (χ1) is 12.6. The topological polar surface area (TPSA) is 99.0 Å². The lowest BCUT2D eigenvalue weighted by molar-refractivity contribution is 0.0934. The van der Waals surface area contributed by atoms with E-state index < -0.39 is 0 Å². The maximum Gasteiger partial charge on any atom is 0.286 e.